The average Bonchev–Trinajstić information content (AvgIpc) is 2.83. The zero-order valence-electron chi connectivity index (χ0n) is 12.7. The zero-order valence-corrected chi connectivity index (χ0v) is 12.7. The van der Waals surface area contributed by atoms with Gasteiger partial charge in [-0.1, -0.05) is 0 Å². The Labute approximate surface area is 129 Å². The third-order valence-electron chi connectivity index (χ3n) is 4.40. The maximum atomic E-state index is 11.0. The van der Waals surface area contributed by atoms with Gasteiger partial charge in [-0.15, -0.1) is 0 Å². The number of hydrogen-bond acceptors (Lipinski definition) is 5. The Kier molecular flexibility index (Phi) is 3.97. The van der Waals surface area contributed by atoms with Crippen molar-refractivity contribution in [2.45, 2.75) is 37.1 Å². The molecule has 3 rings (SSSR count). The van der Waals surface area contributed by atoms with Gasteiger partial charge in [0.25, 0.3) is 0 Å². The van der Waals surface area contributed by atoms with Crippen LogP contribution in [0.3, 0.4) is 0 Å². The molecule has 4 atom stereocenters. The van der Waals surface area contributed by atoms with Crippen molar-refractivity contribution in [3.8, 4) is 5.75 Å². The van der Waals surface area contributed by atoms with Gasteiger partial charge in [-0.2, -0.15) is 0 Å². The smallest absolute Gasteiger partial charge is 0.305 e. The lowest BCUT2D eigenvalue weighted by Crippen LogP contribution is -2.46. The van der Waals surface area contributed by atoms with E-state index in [4.69, 9.17) is 14.6 Å². The Hall–Kier alpha value is -1.79. The van der Waals surface area contributed by atoms with E-state index in [1.807, 2.05) is 31.1 Å². The predicted octanol–water partition coefficient (Wildman–Crippen LogP) is 1.22. The molecule has 0 amide bonds. The Morgan fingerprint density at radius 1 is 1.41 bits per heavy atom. The summed E-state index contributed by atoms with van der Waals surface area (Å²) in [5.41, 5.74) is 2.15. The van der Waals surface area contributed by atoms with Crippen LogP contribution < -0.4 is 9.64 Å². The molecule has 0 unspecified atom stereocenters. The molecule has 1 fully saturated rings. The van der Waals surface area contributed by atoms with Crippen LogP contribution >= 0.6 is 0 Å². The first-order valence-corrected chi connectivity index (χ1v) is 7.45. The van der Waals surface area contributed by atoms with E-state index in [-0.39, 0.29) is 25.0 Å². The number of nitrogens with zero attached hydrogens (tertiary/aromatic N) is 1. The summed E-state index contributed by atoms with van der Waals surface area (Å²) in [7, 11) is 3.95. The molecule has 0 saturated carbocycles. The number of anilines is 1. The number of rotatable bonds is 4. The Bertz CT molecular complexity index is 574. The Balaban J connectivity index is 1.90. The van der Waals surface area contributed by atoms with Gasteiger partial charge in [-0.3, -0.25) is 4.79 Å². The Morgan fingerprint density at radius 2 is 2.18 bits per heavy atom. The standard InChI is InChI=1S/C16H21NO5/c1-17(2)9-3-4-13-11(5-9)12-6-10(7-15(19)20)21-14(8-18)16(12)22-13/h3-5,10,12,14,16,18H,6-8H2,1-2H3,(H,19,20)/t10-,12+,14+,16-/m1/s1. The first kappa shape index (κ1) is 15.1. The molecule has 1 aromatic carbocycles. The van der Waals surface area contributed by atoms with E-state index in [0.29, 0.717) is 6.42 Å². The van der Waals surface area contributed by atoms with Crippen LogP contribution in [0.2, 0.25) is 0 Å². The van der Waals surface area contributed by atoms with E-state index in [0.717, 1.165) is 17.0 Å². The van der Waals surface area contributed by atoms with Crippen molar-refractivity contribution in [3.63, 3.8) is 0 Å². The van der Waals surface area contributed by atoms with Gasteiger partial charge >= 0.3 is 5.97 Å². The molecule has 22 heavy (non-hydrogen) atoms. The van der Waals surface area contributed by atoms with E-state index in [1.54, 1.807) is 0 Å². The van der Waals surface area contributed by atoms with Crippen LogP contribution in [0.15, 0.2) is 18.2 Å². The van der Waals surface area contributed by atoms with Crippen LogP contribution in [0.1, 0.15) is 24.3 Å². The summed E-state index contributed by atoms with van der Waals surface area (Å²) in [6.45, 7) is -0.175. The van der Waals surface area contributed by atoms with Crippen molar-refractivity contribution < 1.29 is 24.5 Å². The average molecular weight is 307 g/mol. The van der Waals surface area contributed by atoms with E-state index in [1.165, 1.54) is 0 Å². The highest BCUT2D eigenvalue weighted by molar-refractivity contribution is 5.67. The maximum Gasteiger partial charge on any atom is 0.305 e. The molecule has 0 aromatic heterocycles. The molecule has 2 heterocycles. The predicted molar refractivity (Wildman–Crippen MR) is 80.5 cm³/mol. The van der Waals surface area contributed by atoms with E-state index in [9.17, 15) is 9.90 Å². The van der Waals surface area contributed by atoms with E-state index >= 15 is 0 Å². The fraction of sp³-hybridized carbons (Fsp3) is 0.562. The second-order valence-corrected chi connectivity index (χ2v) is 6.12. The number of fused-ring (bicyclic) bond motifs is 3. The molecule has 6 nitrogen and oxygen atoms in total. The van der Waals surface area contributed by atoms with Crippen LogP contribution in [0.4, 0.5) is 5.69 Å². The highest BCUT2D eigenvalue weighted by atomic mass is 16.6. The number of carbonyl (C=O) groups is 1. The summed E-state index contributed by atoms with van der Waals surface area (Å²) in [6, 6.07) is 6.00. The van der Waals surface area contributed by atoms with Gasteiger partial charge in [0, 0.05) is 31.3 Å². The van der Waals surface area contributed by atoms with Crippen LogP contribution in [-0.2, 0) is 9.53 Å². The van der Waals surface area contributed by atoms with Gasteiger partial charge < -0.3 is 24.6 Å². The Morgan fingerprint density at radius 3 is 2.82 bits per heavy atom. The molecular formula is C16H21NO5. The second kappa shape index (κ2) is 5.78. The summed E-state index contributed by atoms with van der Waals surface area (Å²) in [4.78, 5) is 13.0. The number of hydrogen-bond donors (Lipinski definition) is 2. The zero-order chi connectivity index (χ0) is 15.9. The second-order valence-electron chi connectivity index (χ2n) is 6.12. The molecule has 1 aromatic rings. The summed E-state index contributed by atoms with van der Waals surface area (Å²) in [5, 5.41) is 18.5. The number of aliphatic hydroxyl groups is 1. The van der Waals surface area contributed by atoms with Gasteiger partial charge in [0.1, 0.15) is 18.0 Å². The summed E-state index contributed by atoms with van der Waals surface area (Å²) >= 11 is 0. The minimum atomic E-state index is -0.888. The third kappa shape index (κ3) is 2.64. The molecule has 6 heteroatoms. The van der Waals surface area contributed by atoms with E-state index in [2.05, 4.69) is 6.07 Å². The van der Waals surface area contributed by atoms with Crippen molar-refractivity contribution in [1.82, 2.24) is 0 Å². The molecule has 120 valence electrons. The fourth-order valence-electron chi connectivity index (χ4n) is 3.35. The highest BCUT2D eigenvalue weighted by Gasteiger charge is 2.46. The topological polar surface area (TPSA) is 79.2 Å². The summed E-state index contributed by atoms with van der Waals surface area (Å²) < 4.78 is 11.7. The van der Waals surface area contributed by atoms with Crippen molar-refractivity contribution in [2.24, 2.45) is 0 Å². The van der Waals surface area contributed by atoms with Gasteiger partial charge in [-0.05, 0) is 24.6 Å². The SMILES string of the molecule is CN(C)c1ccc2c(c1)[C@@H]1C[C@H](CC(=O)O)O[C@@H](CO)[C@@H]1O2. The third-order valence-corrected chi connectivity index (χ3v) is 4.40. The number of ether oxygens (including phenoxy) is 2. The van der Waals surface area contributed by atoms with E-state index < -0.39 is 18.2 Å². The molecule has 2 aliphatic heterocycles. The number of carboxylic acids is 1. The fourth-order valence-corrected chi connectivity index (χ4v) is 3.35. The molecule has 0 bridgehead atoms. The van der Waals surface area contributed by atoms with Crippen molar-refractivity contribution in [2.75, 3.05) is 25.6 Å². The van der Waals surface area contributed by atoms with Crippen LogP contribution in [0.5, 0.6) is 5.75 Å². The summed E-state index contributed by atoms with van der Waals surface area (Å²) in [6.07, 6.45) is -0.589. The largest absolute Gasteiger partial charge is 0.487 e. The number of aliphatic hydroxyl groups excluding tert-OH is 1. The lowest BCUT2D eigenvalue weighted by atomic mass is 9.84. The molecule has 0 aliphatic carbocycles. The van der Waals surface area contributed by atoms with Crippen LogP contribution in [-0.4, -0.2) is 55.2 Å². The minimum absolute atomic E-state index is 0.0532. The number of benzene rings is 1. The van der Waals surface area contributed by atoms with Crippen molar-refractivity contribution in [3.05, 3.63) is 23.8 Å². The quantitative estimate of drug-likeness (QED) is 0.871. The maximum absolute atomic E-state index is 11.0. The molecule has 0 radical (unpaired) electrons. The van der Waals surface area contributed by atoms with Crippen LogP contribution in [0, 0.1) is 0 Å². The molecule has 0 spiro atoms. The lowest BCUT2D eigenvalue weighted by molar-refractivity contribution is -0.153. The monoisotopic (exact) mass is 307 g/mol. The van der Waals surface area contributed by atoms with Crippen LogP contribution in [0.25, 0.3) is 0 Å². The van der Waals surface area contributed by atoms with Crippen molar-refractivity contribution >= 4 is 11.7 Å². The van der Waals surface area contributed by atoms with Gasteiger partial charge in [0.05, 0.1) is 19.1 Å². The molecule has 1 saturated heterocycles. The first-order chi connectivity index (χ1) is 10.5. The summed E-state index contributed by atoms with van der Waals surface area (Å²) in [5.74, 6) is -0.0231. The van der Waals surface area contributed by atoms with Crippen molar-refractivity contribution in [1.29, 1.82) is 0 Å². The lowest BCUT2D eigenvalue weighted by Gasteiger charge is -2.36. The van der Waals surface area contributed by atoms with Gasteiger partial charge in [0.2, 0.25) is 0 Å². The minimum Gasteiger partial charge on any atom is -0.487 e. The number of carboxylic acid groups (broad SMARTS) is 1. The first-order valence-electron chi connectivity index (χ1n) is 7.45. The molecular weight excluding hydrogens is 286 g/mol. The number of aliphatic carboxylic acids is 1. The van der Waals surface area contributed by atoms with Gasteiger partial charge in [-0.25, -0.2) is 0 Å². The molecule has 2 N–H and O–H groups in total. The highest BCUT2D eigenvalue weighted by Crippen LogP contribution is 2.47. The normalized spacial score (nSPS) is 29.4. The van der Waals surface area contributed by atoms with Gasteiger partial charge in [0.15, 0.2) is 0 Å². The molecule has 2 aliphatic rings.